The maximum Gasteiger partial charge on any atom is 0.242 e. The van der Waals surface area contributed by atoms with E-state index in [1.807, 2.05) is 23.3 Å². The van der Waals surface area contributed by atoms with E-state index in [0.29, 0.717) is 19.8 Å². The number of rotatable bonds is 7. The summed E-state index contributed by atoms with van der Waals surface area (Å²) in [7, 11) is 0. The van der Waals surface area contributed by atoms with Crippen LogP contribution in [0.25, 0.3) is 0 Å². The van der Waals surface area contributed by atoms with Gasteiger partial charge in [0.05, 0.1) is 12.1 Å². The number of halogens is 1. The summed E-state index contributed by atoms with van der Waals surface area (Å²) in [4.78, 5) is 16.3. The molecule has 4 unspecified atom stereocenters. The van der Waals surface area contributed by atoms with E-state index in [-0.39, 0.29) is 35.8 Å². The Morgan fingerprint density at radius 2 is 1.96 bits per heavy atom. The highest BCUT2D eigenvalue weighted by Crippen LogP contribution is 2.47. The van der Waals surface area contributed by atoms with Gasteiger partial charge in [-0.3, -0.25) is 4.79 Å². The largest absolute Gasteiger partial charge is 0.382 e. The molecule has 0 saturated carbocycles. The van der Waals surface area contributed by atoms with E-state index >= 15 is 0 Å². The number of nitrogens with one attached hydrogen (secondary N) is 2. The normalized spacial score (nSPS) is 27.3. The fourth-order valence-corrected chi connectivity index (χ4v) is 5.03. The van der Waals surface area contributed by atoms with Gasteiger partial charge in [-0.1, -0.05) is 18.2 Å². The van der Waals surface area contributed by atoms with Crippen LogP contribution in [0.15, 0.2) is 41.8 Å². The lowest BCUT2D eigenvalue weighted by atomic mass is 9.86. The Morgan fingerprint density at radius 3 is 2.67 bits per heavy atom. The molecule has 2 fully saturated rings. The molecule has 4 atom stereocenters. The summed E-state index contributed by atoms with van der Waals surface area (Å²) in [6.45, 7) is 3.90. The quantitative estimate of drug-likeness (QED) is 0.715. The first kappa shape index (κ1) is 18.6. The Kier molecular flexibility index (Phi) is 5.54. The summed E-state index contributed by atoms with van der Waals surface area (Å²) in [5.41, 5.74) is 7.50. The van der Waals surface area contributed by atoms with Crippen molar-refractivity contribution in [2.24, 2.45) is 5.92 Å². The number of fused-ring (bicyclic) bond motifs is 1. The molecule has 2 aliphatic heterocycles. The number of likely N-dealkylation sites (tertiary alicyclic amines) is 1. The smallest absolute Gasteiger partial charge is 0.242 e. The Morgan fingerprint density at radius 1 is 1.19 bits per heavy atom. The zero-order valence-electron chi connectivity index (χ0n) is 15.2. The summed E-state index contributed by atoms with van der Waals surface area (Å²) < 4.78 is 18.9. The summed E-state index contributed by atoms with van der Waals surface area (Å²) in [5.74, 6) is -0.119. The molecule has 0 radical (unpaired) electrons. The van der Waals surface area contributed by atoms with Crippen LogP contribution in [0.4, 0.5) is 4.39 Å². The van der Waals surface area contributed by atoms with Gasteiger partial charge in [0.15, 0.2) is 0 Å². The van der Waals surface area contributed by atoms with Crippen LogP contribution in [0.1, 0.15) is 35.9 Å². The van der Waals surface area contributed by atoms with Crippen molar-refractivity contribution >= 4 is 17.2 Å². The molecule has 3 heterocycles. The minimum Gasteiger partial charge on any atom is -0.382 e. The molecule has 4 rings (SSSR count). The zero-order chi connectivity index (χ0) is 18.8. The molecule has 27 heavy (non-hydrogen) atoms. The summed E-state index contributed by atoms with van der Waals surface area (Å²) in [5, 5.41) is 2.05. The lowest BCUT2D eigenvalue weighted by molar-refractivity contribution is -0.131. The predicted octanol–water partition coefficient (Wildman–Crippen LogP) is 3.03. The molecule has 2 N–H and O–H groups in total. The molecule has 0 aliphatic carbocycles. The van der Waals surface area contributed by atoms with Crippen LogP contribution in [0.3, 0.4) is 0 Å². The van der Waals surface area contributed by atoms with Crippen LogP contribution in [0.5, 0.6) is 0 Å². The lowest BCUT2D eigenvalue weighted by Crippen LogP contribution is -2.41. The third-order valence-electron chi connectivity index (χ3n) is 5.37. The second kappa shape index (κ2) is 8.06. The van der Waals surface area contributed by atoms with Gasteiger partial charge >= 0.3 is 0 Å². The zero-order valence-corrected chi connectivity index (χ0v) is 16.0. The van der Waals surface area contributed by atoms with Crippen molar-refractivity contribution < 1.29 is 13.9 Å². The predicted molar refractivity (Wildman–Crippen MR) is 103 cm³/mol. The van der Waals surface area contributed by atoms with E-state index in [2.05, 4.69) is 16.9 Å². The molecule has 2 aromatic rings. The number of benzene rings is 1. The summed E-state index contributed by atoms with van der Waals surface area (Å²) in [6.07, 6.45) is 0.786. The van der Waals surface area contributed by atoms with Gasteiger partial charge in [0.25, 0.3) is 0 Å². The number of carbonyl (C=O) groups excluding carboxylic acids is 1. The van der Waals surface area contributed by atoms with E-state index in [4.69, 9.17) is 4.74 Å². The molecule has 1 aromatic heterocycles. The van der Waals surface area contributed by atoms with Gasteiger partial charge in [0, 0.05) is 30.6 Å². The number of hydrazine groups is 1. The Bertz CT molecular complexity index is 768. The first-order valence-corrected chi connectivity index (χ1v) is 10.3. The van der Waals surface area contributed by atoms with Crippen molar-refractivity contribution in [1.29, 1.82) is 0 Å². The minimum absolute atomic E-state index is 0.0471. The van der Waals surface area contributed by atoms with Crippen LogP contribution in [0.2, 0.25) is 0 Å². The van der Waals surface area contributed by atoms with Crippen molar-refractivity contribution in [1.82, 2.24) is 15.8 Å². The molecular formula is C20H24FN3O2S. The van der Waals surface area contributed by atoms with E-state index < -0.39 is 0 Å². The second-order valence-electron chi connectivity index (χ2n) is 6.92. The first-order chi connectivity index (χ1) is 13.2. The van der Waals surface area contributed by atoms with Crippen LogP contribution in [0, 0.1) is 11.7 Å². The van der Waals surface area contributed by atoms with E-state index in [1.165, 1.54) is 17.0 Å². The number of hydrogen-bond donors (Lipinski definition) is 2. The third kappa shape index (κ3) is 3.52. The van der Waals surface area contributed by atoms with Gasteiger partial charge in [-0.25, -0.2) is 15.2 Å². The fourth-order valence-electron chi connectivity index (χ4n) is 4.20. The number of nitrogens with zero attached hydrogens (tertiary/aromatic N) is 1. The minimum atomic E-state index is -0.278. The third-order valence-corrected chi connectivity index (χ3v) is 6.32. The summed E-state index contributed by atoms with van der Waals surface area (Å²) in [6, 6.07) is 10.3. The monoisotopic (exact) mass is 389 g/mol. The van der Waals surface area contributed by atoms with Gasteiger partial charge in [-0.15, -0.1) is 11.3 Å². The topological polar surface area (TPSA) is 53.6 Å². The molecule has 2 aliphatic rings. The maximum absolute atomic E-state index is 13.5. The highest BCUT2D eigenvalue weighted by molar-refractivity contribution is 7.10. The van der Waals surface area contributed by atoms with Gasteiger partial charge < -0.3 is 9.64 Å². The Hall–Kier alpha value is -1.80. The molecule has 144 valence electrons. The Labute approximate surface area is 162 Å². The van der Waals surface area contributed by atoms with Crippen molar-refractivity contribution in [3.63, 3.8) is 0 Å². The number of hydrogen-bond acceptors (Lipinski definition) is 5. The number of thiophene rings is 1. The maximum atomic E-state index is 13.5. The van der Waals surface area contributed by atoms with Crippen molar-refractivity contribution in [3.8, 4) is 0 Å². The molecule has 5 nitrogen and oxygen atoms in total. The number of amides is 1. The van der Waals surface area contributed by atoms with E-state index in [9.17, 15) is 9.18 Å². The number of carbonyl (C=O) groups is 1. The second-order valence-corrected chi connectivity index (χ2v) is 7.89. The molecule has 0 bridgehead atoms. The average Bonchev–Trinajstić information content (AvgIpc) is 3.38. The molecule has 1 amide bonds. The standard InChI is InChI=1S/C20H24FN3O2S/c1-2-26-11-4-10-24-19(13-6-8-14(21)9-7-13)16-17(15-5-3-12-27-15)22-23-18(16)20(24)25/h3,5-9,12,16-19,22-23H,2,4,10-11H2,1H3. The van der Waals surface area contributed by atoms with Crippen molar-refractivity contribution in [3.05, 3.63) is 58.0 Å². The van der Waals surface area contributed by atoms with Gasteiger partial charge in [-0.05, 0) is 42.5 Å². The van der Waals surface area contributed by atoms with E-state index in [1.54, 1.807) is 23.5 Å². The SMILES string of the molecule is CCOCCCN1C(=O)C2NNC(c3cccs3)C2C1c1ccc(F)cc1. The number of ether oxygens (including phenoxy) is 1. The van der Waals surface area contributed by atoms with E-state index in [0.717, 1.165) is 12.0 Å². The molecule has 0 spiro atoms. The van der Waals surface area contributed by atoms with Gasteiger partial charge in [0.2, 0.25) is 5.91 Å². The fraction of sp³-hybridized carbons (Fsp3) is 0.450. The van der Waals surface area contributed by atoms with Crippen LogP contribution >= 0.6 is 11.3 Å². The van der Waals surface area contributed by atoms with Gasteiger partial charge in [-0.2, -0.15) is 0 Å². The Balaban J connectivity index is 1.65. The molecule has 1 aromatic carbocycles. The van der Waals surface area contributed by atoms with Crippen molar-refractivity contribution in [2.75, 3.05) is 19.8 Å². The average molecular weight is 389 g/mol. The summed E-state index contributed by atoms with van der Waals surface area (Å²) >= 11 is 1.68. The molecular weight excluding hydrogens is 365 g/mol. The highest BCUT2D eigenvalue weighted by Gasteiger charge is 2.55. The van der Waals surface area contributed by atoms with Crippen LogP contribution in [-0.4, -0.2) is 36.6 Å². The molecule has 7 heteroatoms. The lowest BCUT2D eigenvalue weighted by Gasteiger charge is -2.31. The van der Waals surface area contributed by atoms with Gasteiger partial charge in [0.1, 0.15) is 11.9 Å². The van der Waals surface area contributed by atoms with Crippen LogP contribution in [-0.2, 0) is 9.53 Å². The highest BCUT2D eigenvalue weighted by atomic mass is 32.1. The van der Waals surface area contributed by atoms with Crippen molar-refractivity contribution in [2.45, 2.75) is 31.5 Å². The first-order valence-electron chi connectivity index (χ1n) is 9.39. The molecule has 2 saturated heterocycles. The van der Waals surface area contributed by atoms with Crippen LogP contribution < -0.4 is 10.9 Å².